The van der Waals surface area contributed by atoms with Crippen LogP contribution >= 0.6 is 24.8 Å². The van der Waals surface area contributed by atoms with Crippen molar-refractivity contribution in [1.82, 2.24) is 24.3 Å². The van der Waals surface area contributed by atoms with Gasteiger partial charge < -0.3 is 9.47 Å². The van der Waals surface area contributed by atoms with Gasteiger partial charge in [-0.1, -0.05) is 57.2 Å². The quantitative estimate of drug-likeness (QED) is 0.397. The molecule has 0 amide bonds. The van der Waals surface area contributed by atoms with Crippen LogP contribution in [-0.2, 0) is 13.0 Å². The first-order chi connectivity index (χ1) is 15.9. The van der Waals surface area contributed by atoms with Gasteiger partial charge in [-0.2, -0.15) is 0 Å². The molecule has 4 rings (SSSR count). The lowest BCUT2D eigenvalue weighted by molar-refractivity contribution is 0.0733. The second kappa shape index (κ2) is 12.9. The monoisotopic (exact) mass is 517 g/mol. The van der Waals surface area contributed by atoms with Gasteiger partial charge in [0.2, 0.25) is 0 Å². The second-order valence-corrected chi connectivity index (χ2v) is 9.93. The Bertz CT molecular complexity index is 1120. The molecule has 0 N–H and O–H groups in total. The first-order valence-corrected chi connectivity index (χ1v) is 12.4. The summed E-state index contributed by atoms with van der Waals surface area (Å²) in [7, 11) is 2.23. The Balaban J connectivity index is 0.00000216. The number of halogens is 2. The zero-order valence-electron chi connectivity index (χ0n) is 22.0. The van der Waals surface area contributed by atoms with E-state index in [0.717, 1.165) is 61.8 Å². The van der Waals surface area contributed by atoms with E-state index in [1.807, 2.05) is 0 Å². The van der Waals surface area contributed by atoms with Gasteiger partial charge in [0.15, 0.2) is 5.65 Å². The normalized spacial score (nSPS) is 17.2. The fourth-order valence-electron chi connectivity index (χ4n) is 4.98. The maximum Gasteiger partial charge on any atom is 0.160 e. The Kier molecular flexibility index (Phi) is 10.8. The molecule has 0 spiro atoms. The molecule has 35 heavy (non-hydrogen) atoms. The van der Waals surface area contributed by atoms with E-state index in [1.54, 1.807) is 0 Å². The molecule has 7 heteroatoms. The van der Waals surface area contributed by atoms with E-state index in [9.17, 15) is 0 Å². The summed E-state index contributed by atoms with van der Waals surface area (Å²) in [4.78, 5) is 14.8. The van der Waals surface area contributed by atoms with Crippen LogP contribution < -0.4 is 0 Å². The lowest BCUT2D eigenvalue weighted by Crippen LogP contribution is -2.53. The molecule has 192 valence electrons. The van der Waals surface area contributed by atoms with Crippen LogP contribution in [0.5, 0.6) is 0 Å². The van der Waals surface area contributed by atoms with Gasteiger partial charge in [0.1, 0.15) is 11.3 Å². The van der Waals surface area contributed by atoms with E-state index in [1.165, 1.54) is 16.7 Å². The number of rotatable bonds is 7. The van der Waals surface area contributed by atoms with Crippen LogP contribution in [0.25, 0.3) is 17.2 Å². The molecule has 1 atom stereocenters. The molecule has 1 saturated heterocycles. The number of pyridine rings is 1. The average molecular weight is 519 g/mol. The highest BCUT2D eigenvalue weighted by atomic mass is 35.5. The van der Waals surface area contributed by atoms with Crippen molar-refractivity contribution in [1.29, 1.82) is 0 Å². The lowest BCUT2D eigenvalue weighted by atomic mass is 10.00. The number of hydrogen-bond acceptors (Lipinski definition) is 4. The van der Waals surface area contributed by atoms with Crippen LogP contribution in [0.1, 0.15) is 49.0 Å². The molecule has 1 aromatic carbocycles. The molecule has 5 nitrogen and oxygen atoms in total. The fraction of sp³-hybridized carbons (Fsp3) is 0.500. The van der Waals surface area contributed by atoms with Gasteiger partial charge in [-0.25, -0.2) is 9.97 Å². The Morgan fingerprint density at radius 1 is 1.06 bits per heavy atom. The van der Waals surface area contributed by atoms with Gasteiger partial charge in [0.25, 0.3) is 0 Å². The third kappa shape index (κ3) is 6.85. The molecule has 2 aromatic heterocycles. The van der Waals surface area contributed by atoms with Crippen LogP contribution in [0.15, 0.2) is 36.4 Å². The lowest BCUT2D eigenvalue weighted by Gasteiger charge is -2.41. The predicted molar refractivity (Wildman–Crippen MR) is 153 cm³/mol. The Hall–Kier alpha value is -1.92. The number of fused-ring (bicyclic) bond motifs is 1. The van der Waals surface area contributed by atoms with Gasteiger partial charge >= 0.3 is 0 Å². The maximum atomic E-state index is 4.88. The minimum absolute atomic E-state index is 0. The number of aromatic nitrogens is 3. The average Bonchev–Trinajstić information content (AvgIpc) is 3.13. The summed E-state index contributed by atoms with van der Waals surface area (Å²) in [6.07, 6.45) is 5.49. The van der Waals surface area contributed by atoms with E-state index in [4.69, 9.17) is 9.97 Å². The van der Waals surface area contributed by atoms with Crippen LogP contribution in [0.3, 0.4) is 0 Å². The third-order valence-electron chi connectivity index (χ3n) is 6.89. The Morgan fingerprint density at radius 3 is 2.43 bits per heavy atom. The zero-order chi connectivity index (χ0) is 23.5. The number of piperazine rings is 1. The third-order valence-corrected chi connectivity index (χ3v) is 6.89. The highest BCUT2D eigenvalue weighted by molar-refractivity contribution is 5.85. The van der Waals surface area contributed by atoms with Gasteiger partial charge in [0, 0.05) is 44.3 Å². The van der Waals surface area contributed by atoms with Crippen molar-refractivity contribution in [3.8, 4) is 0 Å². The summed E-state index contributed by atoms with van der Waals surface area (Å²) in [5, 5.41) is 0. The van der Waals surface area contributed by atoms with Crippen molar-refractivity contribution in [2.45, 2.75) is 53.6 Å². The standard InChI is InChI=1S/C28H39N5.2ClH/c1-7-26-30-27-21(4)17-22(5)29-28(27)33(26)18-24-12-10-23(11-13-24)9-8-14-32-16-15-31(6)19-25(32)20(2)3;;/h8-13,17,20,25H,7,14-16,18-19H2,1-6H3;2*1H/b9-8+;;/t25-;;/m1../s1. The number of nitrogens with zero attached hydrogens (tertiary/aromatic N) is 5. The van der Waals surface area contributed by atoms with Gasteiger partial charge in [-0.05, 0) is 49.6 Å². The van der Waals surface area contributed by atoms with Gasteiger partial charge in [0.05, 0.1) is 6.54 Å². The SMILES string of the molecule is CCc1nc2c(C)cc(C)nc2n1Cc1ccc(/C=C/CN2CCN(C)C[C@@H]2C(C)C)cc1.Cl.Cl. The topological polar surface area (TPSA) is 37.2 Å². The van der Waals surface area contributed by atoms with Crippen molar-refractivity contribution in [3.05, 3.63) is 64.6 Å². The number of likely N-dealkylation sites (N-methyl/N-ethyl adjacent to an activating group) is 1. The van der Waals surface area contributed by atoms with Crippen molar-refractivity contribution in [2.24, 2.45) is 5.92 Å². The van der Waals surface area contributed by atoms with Crippen LogP contribution in [0.4, 0.5) is 0 Å². The van der Waals surface area contributed by atoms with E-state index in [0.29, 0.717) is 12.0 Å². The van der Waals surface area contributed by atoms with Crippen molar-refractivity contribution >= 4 is 42.1 Å². The number of hydrogen-bond donors (Lipinski definition) is 0. The molecular weight excluding hydrogens is 477 g/mol. The first kappa shape index (κ1) is 29.3. The van der Waals surface area contributed by atoms with Gasteiger partial charge in [-0.15, -0.1) is 24.8 Å². The Morgan fingerprint density at radius 2 is 1.77 bits per heavy atom. The maximum absolute atomic E-state index is 4.88. The molecule has 0 saturated carbocycles. The highest BCUT2D eigenvalue weighted by Gasteiger charge is 2.26. The summed E-state index contributed by atoms with van der Waals surface area (Å²) in [6.45, 7) is 16.3. The summed E-state index contributed by atoms with van der Waals surface area (Å²) < 4.78 is 2.28. The highest BCUT2D eigenvalue weighted by Crippen LogP contribution is 2.21. The minimum atomic E-state index is 0. The van der Waals surface area contributed by atoms with E-state index < -0.39 is 0 Å². The first-order valence-electron chi connectivity index (χ1n) is 12.4. The van der Waals surface area contributed by atoms with Gasteiger partial charge in [-0.3, -0.25) is 4.90 Å². The van der Waals surface area contributed by atoms with E-state index in [-0.39, 0.29) is 24.8 Å². The minimum Gasteiger partial charge on any atom is -0.308 e. The molecule has 0 bridgehead atoms. The zero-order valence-corrected chi connectivity index (χ0v) is 23.6. The molecular formula is C28H41Cl2N5. The van der Waals surface area contributed by atoms with Crippen LogP contribution in [-0.4, -0.2) is 63.6 Å². The Labute approximate surface area is 223 Å². The van der Waals surface area contributed by atoms with Crippen molar-refractivity contribution in [3.63, 3.8) is 0 Å². The predicted octanol–water partition coefficient (Wildman–Crippen LogP) is 5.79. The molecule has 3 heterocycles. The van der Waals surface area contributed by atoms with E-state index in [2.05, 4.69) is 98.5 Å². The smallest absolute Gasteiger partial charge is 0.160 e. The largest absolute Gasteiger partial charge is 0.308 e. The number of benzene rings is 1. The van der Waals surface area contributed by atoms with Crippen molar-refractivity contribution in [2.75, 3.05) is 33.2 Å². The number of aryl methyl sites for hydroxylation is 3. The molecule has 1 fully saturated rings. The summed E-state index contributed by atoms with van der Waals surface area (Å²) in [5.41, 5.74) is 6.81. The molecule has 0 unspecified atom stereocenters. The fourth-order valence-corrected chi connectivity index (χ4v) is 4.98. The van der Waals surface area contributed by atoms with Crippen LogP contribution in [0, 0.1) is 19.8 Å². The summed E-state index contributed by atoms with van der Waals surface area (Å²) >= 11 is 0. The van der Waals surface area contributed by atoms with Crippen LogP contribution in [0.2, 0.25) is 0 Å². The van der Waals surface area contributed by atoms with E-state index >= 15 is 0 Å². The molecule has 3 aromatic rings. The number of imidazole rings is 1. The summed E-state index contributed by atoms with van der Waals surface area (Å²) in [6, 6.07) is 11.7. The molecule has 0 aliphatic carbocycles. The molecule has 0 radical (unpaired) electrons. The van der Waals surface area contributed by atoms with Crippen molar-refractivity contribution < 1.29 is 0 Å². The molecule has 1 aliphatic rings. The summed E-state index contributed by atoms with van der Waals surface area (Å²) in [5.74, 6) is 1.77. The second-order valence-electron chi connectivity index (χ2n) is 9.93. The molecule has 1 aliphatic heterocycles.